The lowest BCUT2D eigenvalue weighted by molar-refractivity contribution is -0.115. The highest BCUT2D eigenvalue weighted by Gasteiger charge is 2.21. The van der Waals surface area contributed by atoms with Gasteiger partial charge in [-0.3, -0.25) is 4.79 Å². The second-order valence-electron chi connectivity index (χ2n) is 4.69. The van der Waals surface area contributed by atoms with E-state index in [1.807, 2.05) is 0 Å². The summed E-state index contributed by atoms with van der Waals surface area (Å²) in [4.78, 5) is 11.3. The number of carbonyl (C=O) groups is 1. The highest BCUT2D eigenvalue weighted by Crippen LogP contribution is 2.31. The number of carbonyl (C=O) groups excluding carboxylic acids is 1. The molecule has 1 aliphatic heterocycles. The Bertz CT molecular complexity index is 702. The number of halogens is 2. The van der Waals surface area contributed by atoms with Crippen LogP contribution in [0.4, 0.5) is 10.1 Å². The predicted molar refractivity (Wildman–Crippen MR) is 76.9 cm³/mol. The SMILES string of the molecule is O=C1Cc2cc(C(O)c3cccc(Br)c3F)ccc2N1. The van der Waals surface area contributed by atoms with Gasteiger partial charge in [0, 0.05) is 11.3 Å². The third-order valence-electron chi connectivity index (χ3n) is 3.35. The summed E-state index contributed by atoms with van der Waals surface area (Å²) in [6, 6.07) is 9.95. The van der Waals surface area contributed by atoms with Crippen LogP contribution in [0.1, 0.15) is 22.8 Å². The van der Waals surface area contributed by atoms with Crippen molar-refractivity contribution in [2.24, 2.45) is 0 Å². The first kappa shape index (κ1) is 13.3. The summed E-state index contributed by atoms with van der Waals surface area (Å²) in [5, 5.41) is 13.0. The van der Waals surface area contributed by atoms with Gasteiger partial charge in [0.1, 0.15) is 11.9 Å². The van der Waals surface area contributed by atoms with Crippen LogP contribution in [0.25, 0.3) is 0 Å². The molecule has 0 aromatic heterocycles. The lowest BCUT2D eigenvalue weighted by Gasteiger charge is -2.14. The van der Waals surface area contributed by atoms with Crippen LogP contribution < -0.4 is 5.32 Å². The first-order valence-electron chi connectivity index (χ1n) is 6.11. The molecule has 0 spiro atoms. The van der Waals surface area contributed by atoms with Crippen molar-refractivity contribution in [3.63, 3.8) is 0 Å². The molecule has 1 aliphatic rings. The number of aliphatic hydroxyl groups is 1. The zero-order chi connectivity index (χ0) is 14.3. The molecule has 20 heavy (non-hydrogen) atoms. The number of anilines is 1. The van der Waals surface area contributed by atoms with E-state index in [0.717, 1.165) is 11.3 Å². The molecule has 0 radical (unpaired) electrons. The second-order valence-corrected chi connectivity index (χ2v) is 5.54. The van der Waals surface area contributed by atoms with Gasteiger partial charge in [-0.1, -0.05) is 24.3 Å². The van der Waals surface area contributed by atoms with E-state index in [0.29, 0.717) is 10.0 Å². The average Bonchev–Trinajstić information content (AvgIpc) is 2.80. The van der Waals surface area contributed by atoms with E-state index in [-0.39, 0.29) is 17.9 Å². The van der Waals surface area contributed by atoms with Crippen molar-refractivity contribution in [1.82, 2.24) is 0 Å². The van der Waals surface area contributed by atoms with Crippen LogP contribution in [0.3, 0.4) is 0 Å². The van der Waals surface area contributed by atoms with Crippen LogP contribution >= 0.6 is 15.9 Å². The van der Waals surface area contributed by atoms with E-state index in [1.54, 1.807) is 36.4 Å². The fourth-order valence-electron chi connectivity index (χ4n) is 2.33. The van der Waals surface area contributed by atoms with Gasteiger partial charge < -0.3 is 10.4 Å². The number of fused-ring (bicyclic) bond motifs is 1. The first-order chi connectivity index (χ1) is 9.56. The summed E-state index contributed by atoms with van der Waals surface area (Å²) in [6.07, 6.45) is -0.773. The van der Waals surface area contributed by atoms with Crippen molar-refractivity contribution in [2.75, 3.05) is 5.32 Å². The van der Waals surface area contributed by atoms with Gasteiger partial charge in [-0.25, -0.2) is 4.39 Å². The summed E-state index contributed by atoms with van der Waals surface area (Å²) >= 11 is 3.10. The molecule has 1 atom stereocenters. The van der Waals surface area contributed by atoms with Gasteiger partial charge in [0.15, 0.2) is 0 Å². The second kappa shape index (κ2) is 5.00. The Hall–Kier alpha value is -1.72. The van der Waals surface area contributed by atoms with Crippen LogP contribution in [0, 0.1) is 5.82 Å². The number of hydrogen-bond donors (Lipinski definition) is 2. The molecule has 0 fully saturated rings. The van der Waals surface area contributed by atoms with Crippen molar-refractivity contribution >= 4 is 27.5 Å². The molecule has 2 aromatic carbocycles. The molecule has 5 heteroatoms. The number of amides is 1. The molecule has 2 N–H and O–H groups in total. The third-order valence-corrected chi connectivity index (χ3v) is 3.96. The molecule has 0 saturated heterocycles. The van der Waals surface area contributed by atoms with E-state index in [9.17, 15) is 14.3 Å². The topological polar surface area (TPSA) is 49.3 Å². The molecule has 1 unspecified atom stereocenters. The van der Waals surface area contributed by atoms with Crippen molar-refractivity contribution in [2.45, 2.75) is 12.5 Å². The molecular formula is C15H11BrFNO2. The number of hydrogen-bond acceptors (Lipinski definition) is 2. The van der Waals surface area contributed by atoms with E-state index in [4.69, 9.17) is 0 Å². The molecule has 0 aliphatic carbocycles. The Labute approximate surface area is 123 Å². The van der Waals surface area contributed by atoms with E-state index in [1.165, 1.54) is 0 Å². The molecule has 2 aromatic rings. The van der Waals surface area contributed by atoms with Crippen molar-refractivity contribution in [3.8, 4) is 0 Å². The Balaban J connectivity index is 1.99. The van der Waals surface area contributed by atoms with Crippen LogP contribution in [0.5, 0.6) is 0 Å². The molecule has 1 heterocycles. The minimum Gasteiger partial charge on any atom is -0.384 e. The molecule has 102 valence electrons. The predicted octanol–water partition coefficient (Wildman–Crippen LogP) is 3.16. The van der Waals surface area contributed by atoms with Crippen LogP contribution in [0.15, 0.2) is 40.9 Å². The molecule has 3 nitrogen and oxygen atoms in total. The number of rotatable bonds is 2. The summed E-state index contributed by atoms with van der Waals surface area (Å²) in [5.41, 5.74) is 2.34. The first-order valence-corrected chi connectivity index (χ1v) is 6.90. The molecule has 3 rings (SSSR count). The summed E-state index contributed by atoms with van der Waals surface area (Å²) in [7, 11) is 0. The quantitative estimate of drug-likeness (QED) is 0.885. The van der Waals surface area contributed by atoms with Gasteiger partial charge in [-0.15, -0.1) is 0 Å². The fourth-order valence-corrected chi connectivity index (χ4v) is 2.71. The van der Waals surface area contributed by atoms with Crippen molar-refractivity contribution in [3.05, 3.63) is 63.4 Å². The monoisotopic (exact) mass is 335 g/mol. The Kier molecular flexibility index (Phi) is 3.31. The number of aliphatic hydroxyl groups excluding tert-OH is 1. The van der Waals surface area contributed by atoms with Gasteiger partial charge in [-0.2, -0.15) is 0 Å². The third kappa shape index (κ3) is 2.23. The van der Waals surface area contributed by atoms with E-state index >= 15 is 0 Å². The number of benzene rings is 2. The van der Waals surface area contributed by atoms with Crippen molar-refractivity contribution in [1.29, 1.82) is 0 Å². The molecule has 0 saturated carbocycles. The van der Waals surface area contributed by atoms with Gasteiger partial charge in [-0.05, 0) is 39.2 Å². The van der Waals surface area contributed by atoms with Gasteiger partial charge in [0.25, 0.3) is 0 Å². The minimum atomic E-state index is -1.06. The van der Waals surface area contributed by atoms with Crippen molar-refractivity contribution < 1.29 is 14.3 Å². The lowest BCUT2D eigenvalue weighted by Crippen LogP contribution is -2.03. The van der Waals surface area contributed by atoms with E-state index in [2.05, 4.69) is 21.2 Å². The van der Waals surface area contributed by atoms with E-state index < -0.39 is 11.9 Å². The molecular weight excluding hydrogens is 325 g/mol. The van der Waals surface area contributed by atoms with Crippen LogP contribution in [-0.4, -0.2) is 11.0 Å². The van der Waals surface area contributed by atoms with Gasteiger partial charge >= 0.3 is 0 Å². The highest BCUT2D eigenvalue weighted by atomic mass is 79.9. The maximum Gasteiger partial charge on any atom is 0.228 e. The molecule has 1 amide bonds. The standard InChI is InChI=1S/C15H11BrFNO2/c16-11-3-1-2-10(14(11)17)15(20)8-4-5-12-9(6-8)7-13(19)18-12/h1-6,15,20H,7H2,(H,18,19). The maximum atomic E-state index is 14.0. The Morgan fingerprint density at radius 3 is 2.90 bits per heavy atom. The average molecular weight is 336 g/mol. The van der Waals surface area contributed by atoms with Gasteiger partial charge in [0.2, 0.25) is 5.91 Å². The lowest BCUT2D eigenvalue weighted by atomic mass is 9.98. The Morgan fingerprint density at radius 2 is 2.10 bits per heavy atom. The normalized spacial score (nSPS) is 14.8. The van der Waals surface area contributed by atoms with Crippen LogP contribution in [-0.2, 0) is 11.2 Å². The highest BCUT2D eigenvalue weighted by molar-refractivity contribution is 9.10. The van der Waals surface area contributed by atoms with Crippen LogP contribution in [0.2, 0.25) is 0 Å². The summed E-state index contributed by atoms with van der Waals surface area (Å²) < 4.78 is 14.3. The zero-order valence-electron chi connectivity index (χ0n) is 10.4. The largest absolute Gasteiger partial charge is 0.384 e. The smallest absolute Gasteiger partial charge is 0.228 e. The summed E-state index contributed by atoms with van der Waals surface area (Å²) in [5.74, 6) is -0.546. The number of nitrogens with one attached hydrogen (secondary N) is 1. The molecule has 0 bridgehead atoms. The Morgan fingerprint density at radius 1 is 1.30 bits per heavy atom. The minimum absolute atomic E-state index is 0.0692. The maximum absolute atomic E-state index is 14.0. The zero-order valence-corrected chi connectivity index (χ0v) is 11.9. The fraction of sp³-hybridized carbons (Fsp3) is 0.133. The van der Waals surface area contributed by atoms with Gasteiger partial charge in [0.05, 0.1) is 10.9 Å². The summed E-state index contributed by atoms with van der Waals surface area (Å²) in [6.45, 7) is 0.